The first-order valence-corrected chi connectivity index (χ1v) is 11.2. The Morgan fingerprint density at radius 3 is 2.87 bits per heavy atom. The van der Waals surface area contributed by atoms with Crippen molar-refractivity contribution >= 4 is 27.4 Å². The SMILES string of the molecule is Cc1cncc(-n2cc(Cc3nc(NC4CCC(O)CC4)c4sccc4n3)cn2)c1. The van der Waals surface area contributed by atoms with Gasteiger partial charge in [-0.3, -0.25) is 4.98 Å². The number of hydrogen-bond donors (Lipinski definition) is 2. The summed E-state index contributed by atoms with van der Waals surface area (Å²) >= 11 is 1.66. The first-order chi connectivity index (χ1) is 14.6. The van der Waals surface area contributed by atoms with Gasteiger partial charge in [-0.1, -0.05) is 0 Å². The quantitative estimate of drug-likeness (QED) is 0.509. The van der Waals surface area contributed by atoms with E-state index >= 15 is 0 Å². The Hall–Kier alpha value is -2.84. The highest BCUT2D eigenvalue weighted by Crippen LogP contribution is 2.29. The van der Waals surface area contributed by atoms with Gasteiger partial charge < -0.3 is 10.4 Å². The van der Waals surface area contributed by atoms with Gasteiger partial charge in [-0.2, -0.15) is 5.10 Å². The normalized spacial score (nSPS) is 19.3. The topological polar surface area (TPSA) is 88.8 Å². The fourth-order valence-corrected chi connectivity index (χ4v) is 4.73. The van der Waals surface area contributed by atoms with Crippen LogP contribution in [0.15, 0.2) is 42.3 Å². The zero-order valence-electron chi connectivity index (χ0n) is 16.8. The first kappa shape index (κ1) is 19.1. The Balaban J connectivity index is 1.38. The molecule has 0 saturated heterocycles. The van der Waals surface area contributed by atoms with Crippen LogP contribution in [-0.2, 0) is 6.42 Å². The molecule has 1 saturated carbocycles. The molecule has 0 atom stereocenters. The number of rotatable bonds is 5. The number of hydrogen-bond acceptors (Lipinski definition) is 7. The summed E-state index contributed by atoms with van der Waals surface area (Å²) < 4.78 is 2.93. The number of nitrogens with zero attached hydrogens (tertiary/aromatic N) is 5. The number of aryl methyl sites for hydroxylation is 1. The van der Waals surface area contributed by atoms with Crippen molar-refractivity contribution in [3.05, 3.63) is 59.3 Å². The molecule has 8 heteroatoms. The van der Waals surface area contributed by atoms with Crippen LogP contribution < -0.4 is 5.32 Å². The van der Waals surface area contributed by atoms with E-state index in [0.717, 1.165) is 64.4 Å². The van der Waals surface area contributed by atoms with E-state index in [1.54, 1.807) is 17.5 Å². The summed E-state index contributed by atoms with van der Waals surface area (Å²) in [4.78, 5) is 13.9. The second kappa shape index (κ2) is 8.12. The Bertz CT molecular complexity index is 1160. The third kappa shape index (κ3) is 4.06. The smallest absolute Gasteiger partial charge is 0.148 e. The van der Waals surface area contributed by atoms with Crippen LogP contribution in [0.5, 0.6) is 0 Å². The molecule has 154 valence electrons. The molecule has 4 aromatic heterocycles. The minimum absolute atomic E-state index is 0.161. The van der Waals surface area contributed by atoms with E-state index in [2.05, 4.69) is 26.8 Å². The molecule has 5 rings (SSSR count). The Morgan fingerprint density at radius 1 is 1.17 bits per heavy atom. The fraction of sp³-hybridized carbons (Fsp3) is 0.364. The lowest BCUT2D eigenvalue weighted by molar-refractivity contribution is 0.126. The van der Waals surface area contributed by atoms with Gasteiger partial charge in [0.25, 0.3) is 0 Å². The van der Waals surface area contributed by atoms with Crippen LogP contribution >= 0.6 is 11.3 Å². The summed E-state index contributed by atoms with van der Waals surface area (Å²) in [5.74, 6) is 1.68. The van der Waals surface area contributed by atoms with Crippen LogP contribution in [0, 0.1) is 6.92 Å². The number of fused-ring (bicyclic) bond motifs is 1. The lowest BCUT2D eigenvalue weighted by Crippen LogP contribution is -2.28. The molecule has 0 bridgehead atoms. The standard InChI is InChI=1S/C22H24N6OS/c1-14-8-17(12-23-10-14)28-13-15(11-24-28)9-20-26-19-6-7-30-21(19)22(27-20)25-16-2-4-18(29)5-3-16/h6-8,10-13,16,18,29H,2-5,9H2,1H3,(H,25,26,27). The largest absolute Gasteiger partial charge is 0.393 e. The van der Waals surface area contributed by atoms with Gasteiger partial charge in [0, 0.05) is 24.9 Å². The molecule has 1 aliphatic rings. The highest BCUT2D eigenvalue weighted by molar-refractivity contribution is 7.17. The van der Waals surface area contributed by atoms with Crippen LogP contribution in [0.25, 0.3) is 15.9 Å². The molecule has 0 aliphatic heterocycles. The van der Waals surface area contributed by atoms with E-state index in [0.29, 0.717) is 12.5 Å². The summed E-state index contributed by atoms with van der Waals surface area (Å²) in [6.45, 7) is 2.02. The van der Waals surface area contributed by atoms with Crippen LogP contribution in [0.2, 0.25) is 0 Å². The highest BCUT2D eigenvalue weighted by Gasteiger charge is 2.21. The molecular weight excluding hydrogens is 396 g/mol. The first-order valence-electron chi connectivity index (χ1n) is 10.3. The molecule has 1 aliphatic carbocycles. The molecule has 1 fully saturated rings. The monoisotopic (exact) mass is 420 g/mol. The van der Waals surface area contributed by atoms with Gasteiger partial charge in [-0.15, -0.1) is 11.3 Å². The molecule has 30 heavy (non-hydrogen) atoms. The minimum atomic E-state index is -0.161. The van der Waals surface area contributed by atoms with E-state index in [1.165, 1.54) is 0 Å². The number of aromatic nitrogens is 5. The maximum atomic E-state index is 9.78. The summed E-state index contributed by atoms with van der Waals surface area (Å²) in [6, 6.07) is 4.45. The summed E-state index contributed by atoms with van der Waals surface area (Å²) in [7, 11) is 0. The molecule has 4 aromatic rings. The van der Waals surface area contributed by atoms with Gasteiger partial charge in [0.15, 0.2) is 0 Å². The Morgan fingerprint density at radius 2 is 2.03 bits per heavy atom. The average Bonchev–Trinajstić information content (AvgIpc) is 3.39. The van der Waals surface area contributed by atoms with Crippen LogP contribution in [0.3, 0.4) is 0 Å². The third-order valence-corrected chi connectivity index (χ3v) is 6.42. The fourth-order valence-electron chi connectivity index (χ4n) is 3.94. The second-order valence-corrected chi connectivity index (χ2v) is 8.88. The van der Waals surface area contributed by atoms with Gasteiger partial charge in [0.1, 0.15) is 11.6 Å². The van der Waals surface area contributed by atoms with Crippen molar-refractivity contribution in [2.24, 2.45) is 0 Å². The minimum Gasteiger partial charge on any atom is -0.393 e. The molecule has 0 amide bonds. The van der Waals surface area contributed by atoms with Crippen molar-refractivity contribution in [1.29, 1.82) is 0 Å². The summed E-state index contributed by atoms with van der Waals surface area (Å²) in [6.07, 6.45) is 11.6. The Labute approximate surface area is 178 Å². The number of pyridine rings is 1. The molecule has 0 aromatic carbocycles. The molecule has 2 N–H and O–H groups in total. The molecular formula is C22H24N6OS. The molecule has 0 spiro atoms. The zero-order valence-corrected chi connectivity index (χ0v) is 17.6. The maximum absolute atomic E-state index is 9.78. The van der Waals surface area contributed by atoms with Crippen molar-refractivity contribution in [3.63, 3.8) is 0 Å². The van der Waals surface area contributed by atoms with Crippen LogP contribution in [0.4, 0.5) is 5.82 Å². The highest BCUT2D eigenvalue weighted by atomic mass is 32.1. The van der Waals surface area contributed by atoms with Crippen LogP contribution in [-0.4, -0.2) is 42.0 Å². The molecule has 0 unspecified atom stereocenters. The van der Waals surface area contributed by atoms with Crippen molar-refractivity contribution in [2.75, 3.05) is 5.32 Å². The number of aliphatic hydroxyl groups excluding tert-OH is 1. The van der Waals surface area contributed by atoms with E-state index in [-0.39, 0.29) is 6.10 Å². The summed E-state index contributed by atoms with van der Waals surface area (Å²) in [5, 5.41) is 19.9. The zero-order chi connectivity index (χ0) is 20.5. The third-order valence-electron chi connectivity index (χ3n) is 5.51. The van der Waals surface area contributed by atoms with Gasteiger partial charge in [0.2, 0.25) is 0 Å². The van der Waals surface area contributed by atoms with Crippen LogP contribution in [0.1, 0.15) is 42.6 Å². The lowest BCUT2D eigenvalue weighted by Gasteiger charge is -2.26. The Kier molecular flexibility index (Phi) is 5.18. The predicted molar refractivity (Wildman–Crippen MR) is 118 cm³/mol. The average molecular weight is 421 g/mol. The number of anilines is 1. The van der Waals surface area contributed by atoms with Gasteiger partial charge in [-0.05, 0) is 61.2 Å². The maximum Gasteiger partial charge on any atom is 0.148 e. The van der Waals surface area contributed by atoms with Crippen molar-refractivity contribution < 1.29 is 5.11 Å². The van der Waals surface area contributed by atoms with Gasteiger partial charge >= 0.3 is 0 Å². The molecule has 4 heterocycles. The number of aliphatic hydroxyl groups is 1. The van der Waals surface area contributed by atoms with Crippen molar-refractivity contribution in [1.82, 2.24) is 24.7 Å². The number of thiophene rings is 1. The predicted octanol–water partition coefficient (Wildman–Crippen LogP) is 3.89. The van der Waals surface area contributed by atoms with Crippen molar-refractivity contribution in [2.45, 2.75) is 51.2 Å². The van der Waals surface area contributed by atoms with E-state index in [9.17, 15) is 5.11 Å². The van der Waals surface area contributed by atoms with E-state index < -0.39 is 0 Å². The number of nitrogens with one attached hydrogen (secondary N) is 1. The van der Waals surface area contributed by atoms with Gasteiger partial charge in [0.05, 0.1) is 34.4 Å². The summed E-state index contributed by atoms with van der Waals surface area (Å²) in [5.41, 5.74) is 4.07. The van der Waals surface area contributed by atoms with Gasteiger partial charge in [-0.25, -0.2) is 14.6 Å². The van der Waals surface area contributed by atoms with E-state index in [1.807, 2.05) is 36.3 Å². The molecule has 0 radical (unpaired) electrons. The van der Waals surface area contributed by atoms with Crippen molar-refractivity contribution in [3.8, 4) is 5.69 Å². The second-order valence-electron chi connectivity index (χ2n) is 7.96. The lowest BCUT2D eigenvalue weighted by atomic mass is 9.93. The van der Waals surface area contributed by atoms with E-state index in [4.69, 9.17) is 9.97 Å². The molecule has 7 nitrogen and oxygen atoms in total.